The van der Waals surface area contributed by atoms with E-state index >= 15 is 0 Å². The van der Waals surface area contributed by atoms with Crippen LogP contribution in [0.2, 0.25) is 0 Å². The number of aliphatic hydroxyl groups excluding tert-OH is 1. The first-order valence-electron chi connectivity index (χ1n) is 18.8. The van der Waals surface area contributed by atoms with Crippen LogP contribution in [0.1, 0.15) is 168 Å². The number of rotatable bonds is 32. The normalized spacial score (nSPS) is 12.3. The lowest BCUT2D eigenvalue weighted by atomic mass is 10.1. The number of esters is 2. The van der Waals surface area contributed by atoms with Crippen molar-refractivity contribution in [1.82, 2.24) is 0 Å². The molecule has 0 aromatic carbocycles. The van der Waals surface area contributed by atoms with Crippen molar-refractivity contribution in [3.63, 3.8) is 0 Å². The van der Waals surface area contributed by atoms with Gasteiger partial charge < -0.3 is 28.9 Å². The molecule has 1 atom stereocenters. The maximum absolute atomic E-state index is 12.3. The Kier molecular flexibility index (Phi) is 34.2. The number of phosphoric acid groups is 1. The summed E-state index contributed by atoms with van der Waals surface area (Å²) in [6.45, 7) is 4.76. The average molecular weight is 697 g/mol. The first-order valence-corrected chi connectivity index (χ1v) is 20.3. The molecule has 1 unspecified atom stereocenters. The number of hydrogen-bond donors (Lipinski definition) is 3. The molecule has 0 radical (unpaired) electrons. The first-order chi connectivity index (χ1) is 22.3. The summed E-state index contributed by atoms with van der Waals surface area (Å²) in [5.74, 6) is -0.879. The Balaban J connectivity index is 0. The molecule has 0 saturated heterocycles. The number of nitrogens with zero attached hydrogens (tertiary/aromatic N) is 1. The number of phosphoric ester groups is 1. The van der Waals surface area contributed by atoms with E-state index in [0.29, 0.717) is 6.42 Å². The molecule has 3 N–H and O–H groups in total. The van der Waals surface area contributed by atoms with Crippen LogP contribution in [-0.2, 0) is 28.2 Å². The molecule has 0 amide bonds. The molecule has 10 nitrogen and oxygen atoms in total. The van der Waals surface area contributed by atoms with Crippen molar-refractivity contribution in [3.05, 3.63) is 0 Å². The summed E-state index contributed by atoms with van der Waals surface area (Å²) in [6.07, 6.45) is 25.4. The van der Waals surface area contributed by atoms with Crippen LogP contribution in [0.3, 0.4) is 0 Å². The van der Waals surface area contributed by atoms with E-state index in [9.17, 15) is 14.2 Å². The van der Waals surface area contributed by atoms with Crippen LogP contribution in [0.5, 0.6) is 0 Å². The molecular formula is C36H75NO9P+. The van der Waals surface area contributed by atoms with Crippen LogP contribution in [-0.4, -0.2) is 84.9 Å². The fraction of sp³-hybridized carbons (Fsp3) is 0.944. The highest BCUT2D eigenvalue weighted by Gasteiger charge is 2.22. The number of carbonyl (C=O) groups is 2. The zero-order valence-corrected chi connectivity index (χ0v) is 32.0. The maximum atomic E-state index is 12.3. The van der Waals surface area contributed by atoms with Gasteiger partial charge in [0.1, 0.15) is 13.2 Å². The lowest BCUT2D eigenvalue weighted by Crippen LogP contribution is -2.36. The molecule has 0 spiro atoms. The van der Waals surface area contributed by atoms with Crippen LogP contribution in [0.4, 0.5) is 0 Å². The molecule has 0 fully saturated rings. The largest absolute Gasteiger partial charge is 0.469 e. The van der Waals surface area contributed by atoms with E-state index in [1.165, 1.54) is 96.3 Å². The van der Waals surface area contributed by atoms with Gasteiger partial charge in [0.05, 0.1) is 34.4 Å². The van der Waals surface area contributed by atoms with Crippen molar-refractivity contribution < 1.29 is 47.5 Å². The Morgan fingerprint density at radius 1 is 0.596 bits per heavy atom. The van der Waals surface area contributed by atoms with Gasteiger partial charge in [0, 0.05) is 12.8 Å². The third-order valence-electron chi connectivity index (χ3n) is 7.90. The van der Waals surface area contributed by atoms with E-state index in [1.807, 2.05) is 0 Å². The fourth-order valence-electron chi connectivity index (χ4n) is 4.97. The second-order valence-electron chi connectivity index (χ2n) is 13.9. The zero-order valence-electron chi connectivity index (χ0n) is 31.1. The zero-order chi connectivity index (χ0) is 35.7. The topological polar surface area (TPSA) is 140 Å². The molecule has 0 aromatic heterocycles. The number of ether oxygens (including phenoxy) is 2. The van der Waals surface area contributed by atoms with Gasteiger partial charge in [0.15, 0.2) is 6.10 Å². The predicted molar refractivity (Wildman–Crippen MR) is 191 cm³/mol. The molecule has 282 valence electrons. The van der Waals surface area contributed by atoms with Crippen LogP contribution in [0, 0.1) is 0 Å². The van der Waals surface area contributed by atoms with Crippen molar-refractivity contribution in [2.75, 3.05) is 47.5 Å². The van der Waals surface area contributed by atoms with Gasteiger partial charge in [-0.2, -0.15) is 0 Å². The fourth-order valence-corrected chi connectivity index (χ4v) is 5.33. The Bertz CT molecular complexity index is 755. The van der Waals surface area contributed by atoms with Crippen molar-refractivity contribution >= 4 is 19.8 Å². The van der Waals surface area contributed by atoms with E-state index in [4.69, 9.17) is 24.4 Å². The Morgan fingerprint density at radius 2 is 0.957 bits per heavy atom. The summed E-state index contributed by atoms with van der Waals surface area (Å²) >= 11 is 0. The predicted octanol–water partition coefficient (Wildman–Crippen LogP) is 8.64. The molecule has 0 heterocycles. The Morgan fingerprint density at radius 3 is 1.28 bits per heavy atom. The summed E-state index contributed by atoms with van der Waals surface area (Å²) in [7, 11) is 1.42. The molecule has 0 aromatic rings. The molecule has 0 rings (SSSR count). The number of aliphatic hydroxyl groups is 1. The molecule has 0 aliphatic heterocycles. The Labute approximate surface area is 288 Å². The van der Waals surface area contributed by atoms with Gasteiger partial charge in [-0.1, -0.05) is 142 Å². The molecule has 0 saturated carbocycles. The summed E-state index contributed by atoms with van der Waals surface area (Å²) in [5, 5.41) is 8.39. The highest BCUT2D eigenvalue weighted by molar-refractivity contribution is 7.46. The van der Waals surface area contributed by atoms with Gasteiger partial charge in [0.2, 0.25) is 0 Å². The summed E-state index contributed by atoms with van der Waals surface area (Å²) in [5.41, 5.74) is 0. The van der Waals surface area contributed by atoms with Gasteiger partial charge in [-0.3, -0.25) is 14.1 Å². The number of quaternary nitrogens is 1. The van der Waals surface area contributed by atoms with E-state index in [0.717, 1.165) is 49.6 Å². The van der Waals surface area contributed by atoms with Gasteiger partial charge in [0.25, 0.3) is 0 Å². The number of unbranched alkanes of at least 4 members (excludes halogenated alkanes) is 20. The molecule has 0 aliphatic rings. The van der Waals surface area contributed by atoms with Crippen molar-refractivity contribution in [1.29, 1.82) is 0 Å². The molecule has 11 heteroatoms. The van der Waals surface area contributed by atoms with E-state index in [1.54, 1.807) is 0 Å². The maximum Gasteiger partial charge on any atom is 0.469 e. The third kappa shape index (κ3) is 42.9. The lowest BCUT2D eigenvalue weighted by molar-refractivity contribution is -0.870. The minimum atomic E-state index is -4.73. The average Bonchev–Trinajstić information content (AvgIpc) is 2.99. The number of likely N-dealkylation sites (N-methyl/N-ethyl adjacent to an activating group) is 1. The van der Waals surface area contributed by atoms with Gasteiger partial charge in [-0.25, -0.2) is 4.57 Å². The monoisotopic (exact) mass is 697 g/mol. The summed E-state index contributed by atoms with van der Waals surface area (Å²) in [6, 6.07) is 0. The lowest BCUT2D eigenvalue weighted by Gasteiger charge is -2.21. The summed E-state index contributed by atoms with van der Waals surface area (Å²) < 4.78 is 27.0. The van der Waals surface area contributed by atoms with Crippen molar-refractivity contribution in [2.24, 2.45) is 0 Å². The minimum Gasteiger partial charge on any atom is -0.462 e. The van der Waals surface area contributed by atoms with Crippen LogP contribution in [0.15, 0.2) is 0 Å². The summed E-state index contributed by atoms with van der Waals surface area (Å²) in [4.78, 5) is 42.4. The van der Waals surface area contributed by atoms with Crippen molar-refractivity contribution in [2.45, 2.75) is 174 Å². The second-order valence-corrected chi connectivity index (χ2v) is 15.1. The Hall–Kier alpha value is -1.03. The highest BCUT2D eigenvalue weighted by atomic mass is 31.2. The molecular weight excluding hydrogens is 621 g/mol. The standard InChI is InChI=1S/C31H61O8P.C5H14NO/c1-3-5-7-9-11-13-15-17-19-21-23-25-30(32)37-27-29(28-38-40(34,35)36)39-31(33)26-24-22-20-18-16-14-12-10-8-6-4-2;1-6(2,3)4-5-7/h29H,3-28H2,1-2H3,(H2,34,35,36);7H,4-5H2,1-3H3/q;+1. The minimum absolute atomic E-state index is 0.218. The highest BCUT2D eigenvalue weighted by Crippen LogP contribution is 2.36. The van der Waals surface area contributed by atoms with Crippen LogP contribution >= 0.6 is 7.82 Å². The quantitative estimate of drug-likeness (QED) is 0.0273. The van der Waals surface area contributed by atoms with E-state index in [-0.39, 0.29) is 26.1 Å². The molecule has 47 heavy (non-hydrogen) atoms. The molecule has 0 aliphatic carbocycles. The van der Waals surface area contributed by atoms with Gasteiger partial charge >= 0.3 is 19.8 Å². The van der Waals surface area contributed by atoms with Gasteiger partial charge in [-0.15, -0.1) is 0 Å². The number of carbonyl (C=O) groups excluding carboxylic acids is 2. The number of hydrogen-bond acceptors (Lipinski definition) is 7. The van der Waals surface area contributed by atoms with E-state index < -0.39 is 32.5 Å². The first kappa shape index (κ1) is 48.1. The van der Waals surface area contributed by atoms with Crippen LogP contribution in [0.25, 0.3) is 0 Å². The van der Waals surface area contributed by atoms with E-state index in [2.05, 4.69) is 39.5 Å². The second kappa shape index (κ2) is 33.5. The van der Waals surface area contributed by atoms with Gasteiger partial charge in [-0.05, 0) is 12.8 Å². The third-order valence-corrected chi connectivity index (χ3v) is 8.38. The SMILES string of the molecule is CCCCCCCCCCCCCC(=O)OCC(COP(=O)(O)O)OC(=O)CCCCCCCCCCCCC.C[N+](C)(C)CCO. The van der Waals surface area contributed by atoms with Crippen molar-refractivity contribution in [3.8, 4) is 0 Å². The molecule has 0 bridgehead atoms. The van der Waals surface area contributed by atoms with Crippen LogP contribution < -0.4 is 0 Å². The smallest absolute Gasteiger partial charge is 0.462 e.